The number of benzene rings is 1. The van der Waals surface area contributed by atoms with E-state index in [9.17, 15) is 14.4 Å². The van der Waals surface area contributed by atoms with E-state index in [-0.39, 0.29) is 29.7 Å². The summed E-state index contributed by atoms with van der Waals surface area (Å²) in [5.41, 5.74) is 1.16. The fourth-order valence-electron chi connectivity index (χ4n) is 4.58. The predicted octanol–water partition coefficient (Wildman–Crippen LogP) is 2.60. The Morgan fingerprint density at radius 1 is 1.17 bits per heavy atom. The highest BCUT2D eigenvalue weighted by Crippen LogP contribution is 2.59. The van der Waals surface area contributed by atoms with Crippen LogP contribution in [0, 0.1) is 11.3 Å². The molecule has 2 aliphatic rings. The van der Waals surface area contributed by atoms with Crippen molar-refractivity contribution in [2.75, 3.05) is 13.1 Å². The zero-order valence-corrected chi connectivity index (χ0v) is 17.3. The third kappa shape index (κ3) is 3.45. The third-order valence-corrected chi connectivity index (χ3v) is 7.38. The van der Waals surface area contributed by atoms with E-state index >= 15 is 0 Å². The van der Waals surface area contributed by atoms with Crippen LogP contribution < -0.4 is 11.1 Å². The van der Waals surface area contributed by atoms with Gasteiger partial charge >= 0.3 is 5.76 Å². The topological polar surface area (TPSA) is 84.5 Å². The summed E-state index contributed by atoms with van der Waals surface area (Å²) in [6, 6.07) is 11.1. The zero-order valence-electron chi connectivity index (χ0n) is 16.5. The van der Waals surface area contributed by atoms with Gasteiger partial charge in [0.05, 0.1) is 12.1 Å². The van der Waals surface area contributed by atoms with E-state index in [1.54, 1.807) is 34.4 Å². The number of carbonyl (C=O) groups is 2. The van der Waals surface area contributed by atoms with Gasteiger partial charge in [-0.05, 0) is 48.3 Å². The monoisotopic (exact) mass is 425 g/mol. The molecule has 2 aromatic heterocycles. The average Bonchev–Trinajstić information content (AvgIpc) is 3.09. The molecule has 0 unspecified atom stereocenters. The number of hydrogen-bond acceptors (Lipinski definition) is 5. The van der Waals surface area contributed by atoms with Crippen LogP contribution in [0.25, 0.3) is 11.1 Å². The highest BCUT2D eigenvalue weighted by Gasteiger charge is 2.58. The molecule has 1 aliphatic heterocycles. The minimum Gasteiger partial charge on any atom is -0.408 e. The molecule has 156 valence electrons. The van der Waals surface area contributed by atoms with E-state index in [4.69, 9.17) is 4.42 Å². The van der Waals surface area contributed by atoms with Crippen LogP contribution in [0.4, 0.5) is 0 Å². The fraction of sp³-hybridized carbons (Fsp3) is 0.409. The number of aromatic nitrogens is 1. The largest absolute Gasteiger partial charge is 0.420 e. The molecule has 1 spiro atoms. The number of para-hydroxylation sites is 2. The second kappa shape index (κ2) is 7.43. The standard InChI is InChI=1S/C22H23N3O4S/c26-19(14-25-17-5-1-2-6-18(17)29-21(25)28)24-9-7-22(8-10-24)12-16(22)20(27)23-13-15-4-3-11-30-15/h1-6,11,16H,7-10,12-14H2,(H,23,27)/t16-/m0/s1. The maximum absolute atomic E-state index is 12.8. The van der Waals surface area contributed by atoms with Crippen molar-refractivity contribution in [3.05, 3.63) is 57.2 Å². The molecular weight excluding hydrogens is 402 g/mol. The molecule has 1 saturated heterocycles. The Hall–Kier alpha value is -2.87. The summed E-state index contributed by atoms with van der Waals surface area (Å²) in [6.07, 6.45) is 2.56. The summed E-state index contributed by atoms with van der Waals surface area (Å²) in [4.78, 5) is 40.4. The average molecular weight is 426 g/mol. The molecule has 30 heavy (non-hydrogen) atoms. The first-order chi connectivity index (χ1) is 14.6. The van der Waals surface area contributed by atoms with Crippen LogP contribution in [0.2, 0.25) is 0 Å². The van der Waals surface area contributed by atoms with Gasteiger partial charge in [-0.2, -0.15) is 0 Å². The molecule has 8 heteroatoms. The van der Waals surface area contributed by atoms with Gasteiger partial charge in [0.15, 0.2) is 5.58 Å². The van der Waals surface area contributed by atoms with Crippen LogP contribution in [0.5, 0.6) is 0 Å². The smallest absolute Gasteiger partial charge is 0.408 e. The Balaban J connectivity index is 1.16. The van der Waals surface area contributed by atoms with Gasteiger partial charge in [0.1, 0.15) is 6.54 Å². The SMILES string of the molecule is O=C(NCc1cccs1)[C@@H]1CC12CCN(C(=O)Cn1c(=O)oc3ccccc31)CC2. The molecule has 1 aliphatic carbocycles. The second-order valence-electron chi connectivity index (χ2n) is 8.22. The molecule has 7 nitrogen and oxygen atoms in total. The van der Waals surface area contributed by atoms with E-state index in [0.717, 1.165) is 24.1 Å². The Labute approximate surface area is 177 Å². The number of fused-ring (bicyclic) bond motifs is 1. The molecular formula is C22H23N3O4S. The van der Waals surface area contributed by atoms with E-state index < -0.39 is 5.76 Å². The molecule has 3 aromatic rings. The van der Waals surface area contributed by atoms with Gasteiger partial charge in [0.25, 0.3) is 0 Å². The van der Waals surface area contributed by atoms with Gasteiger partial charge in [-0.25, -0.2) is 4.79 Å². The minimum absolute atomic E-state index is 0.0203. The number of rotatable bonds is 5. The molecule has 1 N–H and O–H groups in total. The molecule has 2 fully saturated rings. The molecule has 3 heterocycles. The number of nitrogens with zero attached hydrogens (tertiary/aromatic N) is 2. The van der Waals surface area contributed by atoms with Crippen molar-refractivity contribution in [3.63, 3.8) is 0 Å². The minimum atomic E-state index is -0.511. The predicted molar refractivity (Wildman–Crippen MR) is 113 cm³/mol. The molecule has 1 aromatic carbocycles. The van der Waals surface area contributed by atoms with Crippen molar-refractivity contribution in [3.8, 4) is 0 Å². The lowest BCUT2D eigenvalue weighted by molar-refractivity contribution is -0.133. The summed E-state index contributed by atoms with van der Waals surface area (Å²) in [6.45, 7) is 1.81. The van der Waals surface area contributed by atoms with Gasteiger partial charge in [0, 0.05) is 23.9 Å². The van der Waals surface area contributed by atoms with Gasteiger partial charge < -0.3 is 14.6 Å². The number of thiophene rings is 1. The first-order valence-electron chi connectivity index (χ1n) is 10.2. The first kappa shape index (κ1) is 19.1. The van der Waals surface area contributed by atoms with Gasteiger partial charge in [-0.3, -0.25) is 14.2 Å². The van der Waals surface area contributed by atoms with Crippen molar-refractivity contribution in [2.24, 2.45) is 11.3 Å². The van der Waals surface area contributed by atoms with Gasteiger partial charge in [-0.15, -0.1) is 11.3 Å². The lowest BCUT2D eigenvalue weighted by atomic mass is 9.90. The molecule has 1 atom stereocenters. The normalized spacial score (nSPS) is 19.9. The summed E-state index contributed by atoms with van der Waals surface area (Å²) in [7, 11) is 0. The lowest BCUT2D eigenvalue weighted by Crippen LogP contribution is -2.42. The Morgan fingerprint density at radius 2 is 1.97 bits per heavy atom. The van der Waals surface area contributed by atoms with Crippen LogP contribution in [0.3, 0.4) is 0 Å². The Morgan fingerprint density at radius 3 is 2.73 bits per heavy atom. The van der Waals surface area contributed by atoms with Crippen molar-refractivity contribution in [1.82, 2.24) is 14.8 Å². The van der Waals surface area contributed by atoms with Crippen molar-refractivity contribution >= 4 is 34.3 Å². The van der Waals surface area contributed by atoms with Crippen molar-refractivity contribution in [2.45, 2.75) is 32.4 Å². The molecule has 0 radical (unpaired) electrons. The third-order valence-electron chi connectivity index (χ3n) is 6.50. The number of piperidine rings is 1. The van der Waals surface area contributed by atoms with Crippen LogP contribution in [0.15, 0.2) is 51.0 Å². The molecule has 5 rings (SSSR count). The van der Waals surface area contributed by atoms with Crippen LogP contribution >= 0.6 is 11.3 Å². The summed E-state index contributed by atoms with van der Waals surface area (Å²) in [5.74, 6) is -0.421. The zero-order chi connectivity index (χ0) is 20.7. The quantitative estimate of drug-likeness (QED) is 0.681. The molecule has 2 amide bonds. The van der Waals surface area contributed by atoms with Gasteiger partial charge in [-0.1, -0.05) is 18.2 Å². The maximum atomic E-state index is 12.8. The summed E-state index contributed by atoms with van der Waals surface area (Å²) >= 11 is 1.64. The molecule has 0 bridgehead atoms. The van der Waals surface area contributed by atoms with Crippen LogP contribution in [-0.4, -0.2) is 34.4 Å². The number of nitrogens with one attached hydrogen (secondary N) is 1. The highest BCUT2D eigenvalue weighted by molar-refractivity contribution is 7.09. The molecule has 1 saturated carbocycles. The number of likely N-dealkylation sites (tertiary alicyclic amines) is 1. The van der Waals surface area contributed by atoms with E-state index in [0.29, 0.717) is 30.7 Å². The Kier molecular flexibility index (Phi) is 4.73. The van der Waals surface area contributed by atoms with Crippen LogP contribution in [-0.2, 0) is 22.7 Å². The lowest BCUT2D eigenvalue weighted by Gasteiger charge is -2.33. The van der Waals surface area contributed by atoms with E-state index in [1.165, 1.54) is 4.57 Å². The highest BCUT2D eigenvalue weighted by atomic mass is 32.1. The number of carbonyl (C=O) groups excluding carboxylic acids is 2. The maximum Gasteiger partial charge on any atom is 0.420 e. The summed E-state index contributed by atoms with van der Waals surface area (Å²) < 4.78 is 6.60. The second-order valence-corrected chi connectivity index (χ2v) is 9.25. The van der Waals surface area contributed by atoms with E-state index in [1.807, 2.05) is 23.6 Å². The van der Waals surface area contributed by atoms with Crippen molar-refractivity contribution < 1.29 is 14.0 Å². The fourth-order valence-corrected chi connectivity index (χ4v) is 5.23. The van der Waals surface area contributed by atoms with Gasteiger partial charge in [0.2, 0.25) is 11.8 Å². The van der Waals surface area contributed by atoms with Crippen LogP contribution in [0.1, 0.15) is 24.1 Å². The Bertz CT molecular complexity index is 1140. The summed E-state index contributed by atoms with van der Waals surface area (Å²) in [5, 5.41) is 5.06. The van der Waals surface area contributed by atoms with E-state index in [2.05, 4.69) is 5.32 Å². The number of amides is 2. The van der Waals surface area contributed by atoms with Crippen molar-refractivity contribution in [1.29, 1.82) is 0 Å². The number of oxazole rings is 1. The number of hydrogen-bond donors (Lipinski definition) is 1. The first-order valence-corrected chi connectivity index (χ1v) is 11.1.